The van der Waals surface area contributed by atoms with E-state index < -0.39 is 0 Å². The van der Waals surface area contributed by atoms with Crippen LogP contribution in [-0.2, 0) is 13.0 Å². The van der Waals surface area contributed by atoms with Crippen LogP contribution in [0.5, 0.6) is 0 Å². The summed E-state index contributed by atoms with van der Waals surface area (Å²) in [5, 5.41) is 4.16. The molecule has 0 aliphatic rings. The van der Waals surface area contributed by atoms with Crippen LogP contribution in [-0.4, -0.2) is 19.6 Å². The van der Waals surface area contributed by atoms with Crippen LogP contribution in [0.25, 0.3) is 0 Å². The lowest BCUT2D eigenvalue weighted by atomic mass is 10.0. The number of hydrogen-bond acceptors (Lipinski definition) is 2. The van der Waals surface area contributed by atoms with Gasteiger partial charge in [0.05, 0.1) is 0 Å². The lowest BCUT2D eigenvalue weighted by molar-refractivity contribution is 0.502. The summed E-state index contributed by atoms with van der Waals surface area (Å²) in [6, 6.07) is 0. The second kappa shape index (κ2) is 5.49. The van der Waals surface area contributed by atoms with Gasteiger partial charge in [0.15, 0.2) is 0 Å². The third-order valence-corrected chi connectivity index (χ3v) is 4.06. The Morgan fingerprint density at radius 2 is 2.21 bits per heavy atom. The molecule has 1 heterocycles. The van der Waals surface area contributed by atoms with E-state index in [0.717, 1.165) is 25.2 Å². The van der Waals surface area contributed by atoms with E-state index in [4.69, 9.17) is 0 Å². The summed E-state index contributed by atoms with van der Waals surface area (Å²) >= 11 is 3.68. The number of aryl methyl sites for hydroxylation is 1. The molecular weight excluding hydrogens is 242 g/mol. The topological polar surface area (TPSA) is 30.7 Å². The maximum atomic E-state index is 4.27. The normalized spacial score (nSPS) is 15.4. The number of hydrogen-bond donors (Lipinski definition) is 0. The predicted octanol–water partition coefficient (Wildman–Crippen LogP) is 2.65. The third kappa shape index (κ3) is 2.80. The van der Waals surface area contributed by atoms with Gasteiger partial charge < -0.3 is 0 Å². The highest BCUT2D eigenvalue weighted by Gasteiger charge is 2.15. The first-order valence-electron chi connectivity index (χ1n) is 5.19. The molecule has 14 heavy (non-hydrogen) atoms. The lowest BCUT2D eigenvalue weighted by Crippen LogP contribution is -2.16. The van der Waals surface area contributed by atoms with Crippen molar-refractivity contribution >= 4 is 15.9 Å². The molecule has 4 heteroatoms. The fourth-order valence-electron chi connectivity index (χ4n) is 1.53. The van der Waals surface area contributed by atoms with Crippen molar-refractivity contribution in [2.75, 3.05) is 0 Å². The Balaban J connectivity index is 2.59. The number of nitrogens with zero attached hydrogens (tertiary/aromatic N) is 3. The fraction of sp³-hybridized carbons (Fsp3) is 0.800. The van der Waals surface area contributed by atoms with E-state index in [-0.39, 0.29) is 0 Å². The molecule has 0 fully saturated rings. The Morgan fingerprint density at radius 3 is 2.79 bits per heavy atom. The minimum atomic E-state index is 0.574. The van der Waals surface area contributed by atoms with Gasteiger partial charge in [-0.15, -0.1) is 0 Å². The highest BCUT2D eigenvalue weighted by molar-refractivity contribution is 9.09. The molecule has 0 amide bonds. The zero-order valence-electron chi connectivity index (χ0n) is 9.07. The molecule has 3 nitrogen and oxygen atoms in total. The Hall–Kier alpha value is -0.380. The highest BCUT2D eigenvalue weighted by Crippen LogP contribution is 2.19. The molecule has 0 aliphatic heterocycles. The van der Waals surface area contributed by atoms with Gasteiger partial charge in [0.1, 0.15) is 12.2 Å². The maximum absolute atomic E-state index is 4.27. The Labute approximate surface area is 94.0 Å². The minimum Gasteiger partial charge on any atom is -0.250 e. The molecule has 80 valence electrons. The van der Waals surface area contributed by atoms with E-state index in [2.05, 4.69) is 46.8 Å². The Kier molecular flexibility index (Phi) is 4.58. The van der Waals surface area contributed by atoms with Gasteiger partial charge >= 0.3 is 0 Å². The number of rotatable bonds is 5. The first-order valence-corrected chi connectivity index (χ1v) is 6.11. The van der Waals surface area contributed by atoms with Crippen LogP contribution in [0, 0.1) is 5.92 Å². The van der Waals surface area contributed by atoms with Crippen molar-refractivity contribution in [1.82, 2.24) is 14.8 Å². The number of halogens is 1. The van der Waals surface area contributed by atoms with E-state index in [1.54, 1.807) is 6.33 Å². The van der Waals surface area contributed by atoms with Crippen molar-refractivity contribution in [1.29, 1.82) is 0 Å². The van der Waals surface area contributed by atoms with Gasteiger partial charge in [0, 0.05) is 17.8 Å². The van der Waals surface area contributed by atoms with Gasteiger partial charge in [-0.05, 0) is 19.3 Å². The highest BCUT2D eigenvalue weighted by atomic mass is 79.9. The first-order chi connectivity index (χ1) is 6.69. The van der Waals surface area contributed by atoms with Crippen LogP contribution in [0.4, 0.5) is 0 Å². The average Bonchev–Trinajstić information content (AvgIpc) is 2.63. The second-order valence-electron chi connectivity index (χ2n) is 3.60. The van der Waals surface area contributed by atoms with Crippen molar-refractivity contribution < 1.29 is 0 Å². The molecule has 0 spiro atoms. The predicted molar refractivity (Wildman–Crippen MR) is 61.6 cm³/mol. The average molecular weight is 260 g/mol. The molecule has 0 saturated carbocycles. The van der Waals surface area contributed by atoms with E-state index in [0.29, 0.717) is 10.7 Å². The summed E-state index contributed by atoms with van der Waals surface area (Å²) < 4.78 is 1.96. The molecule has 0 aliphatic carbocycles. The quantitative estimate of drug-likeness (QED) is 0.762. The summed E-state index contributed by atoms with van der Waals surface area (Å²) in [7, 11) is 0. The van der Waals surface area contributed by atoms with Crippen LogP contribution in [0.3, 0.4) is 0 Å². The maximum Gasteiger partial charge on any atom is 0.138 e. The molecule has 2 atom stereocenters. The van der Waals surface area contributed by atoms with Crippen molar-refractivity contribution in [3.63, 3.8) is 0 Å². The molecular formula is C10H18BrN3. The molecule has 1 rings (SSSR count). The fourth-order valence-corrected chi connectivity index (χ4v) is 1.72. The lowest BCUT2D eigenvalue weighted by Gasteiger charge is -2.16. The van der Waals surface area contributed by atoms with E-state index in [9.17, 15) is 0 Å². The van der Waals surface area contributed by atoms with Gasteiger partial charge in [-0.3, -0.25) is 4.68 Å². The molecule has 2 unspecified atom stereocenters. The van der Waals surface area contributed by atoms with Crippen LogP contribution in [0.2, 0.25) is 0 Å². The van der Waals surface area contributed by atoms with Gasteiger partial charge in [-0.2, -0.15) is 5.10 Å². The van der Waals surface area contributed by atoms with Gasteiger partial charge in [0.2, 0.25) is 0 Å². The van der Waals surface area contributed by atoms with Crippen LogP contribution in [0.15, 0.2) is 6.33 Å². The van der Waals surface area contributed by atoms with Crippen LogP contribution >= 0.6 is 15.9 Å². The smallest absolute Gasteiger partial charge is 0.138 e. The van der Waals surface area contributed by atoms with Crippen molar-refractivity contribution in [2.45, 2.75) is 45.0 Å². The Morgan fingerprint density at radius 1 is 1.50 bits per heavy atom. The molecule has 0 N–H and O–H groups in total. The van der Waals surface area contributed by atoms with Crippen molar-refractivity contribution in [2.24, 2.45) is 5.92 Å². The first kappa shape index (κ1) is 11.7. The van der Waals surface area contributed by atoms with Crippen LogP contribution < -0.4 is 0 Å². The minimum absolute atomic E-state index is 0.574. The summed E-state index contributed by atoms with van der Waals surface area (Å²) in [6.45, 7) is 7.44. The van der Waals surface area contributed by atoms with E-state index >= 15 is 0 Å². The summed E-state index contributed by atoms with van der Waals surface area (Å²) in [5.74, 6) is 1.70. The molecule has 0 saturated heterocycles. The number of aromatic nitrogens is 3. The second-order valence-corrected chi connectivity index (χ2v) is 4.77. The van der Waals surface area contributed by atoms with Gasteiger partial charge in [0.25, 0.3) is 0 Å². The Bertz CT molecular complexity index is 272. The summed E-state index contributed by atoms with van der Waals surface area (Å²) in [4.78, 5) is 4.85. The van der Waals surface area contributed by atoms with Crippen molar-refractivity contribution in [3.8, 4) is 0 Å². The summed E-state index contributed by atoms with van der Waals surface area (Å²) in [6.07, 6.45) is 3.79. The molecule has 0 aromatic carbocycles. The SMILES string of the molecule is CCC(Br)C(C)Cc1ncnn1CC. The molecule has 1 aromatic heterocycles. The van der Waals surface area contributed by atoms with E-state index in [1.807, 2.05) is 4.68 Å². The largest absolute Gasteiger partial charge is 0.250 e. The molecule has 1 aromatic rings. The zero-order chi connectivity index (χ0) is 10.6. The van der Waals surface area contributed by atoms with Gasteiger partial charge in [-0.25, -0.2) is 4.98 Å². The third-order valence-electron chi connectivity index (χ3n) is 2.51. The van der Waals surface area contributed by atoms with Crippen LogP contribution in [0.1, 0.15) is 33.0 Å². The van der Waals surface area contributed by atoms with E-state index in [1.165, 1.54) is 0 Å². The monoisotopic (exact) mass is 259 g/mol. The molecule has 0 radical (unpaired) electrons. The standard InChI is InChI=1S/C10H18BrN3/c1-4-9(11)8(3)6-10-12-7-13-14(10)5-2/h7-9H,4-6H2,1-3H3. The molecule has 0 bridgehead atoms. The van der Waals surface area contributed by atoms with Gasteiger partial charge in [-0.1, -0.05) is 29.8 Å². The van der Waals surface area contributed by atoms with Crippen molar-refractivity contribution in [3.05, 3.63) is 12.2 Å². The summed E-state index contributed by atoms with van der Waals surface area (Å²) in [5.41, 5.74) is 0. The zero-order valence-corrected chi connectivity index (χ0v) is 10.7. The number of alkyl halides is 1.